The molecule has 0 unspecified atom stereocenters. The number of alkyl halides is 17. The molecular formula is C39H41F19N2O6Si. The zero-order valence-electron chi connectivity index (χ0n) is 35.2. The van der Waals surface area contributed by atoms with E-state index in [0.29, 0.717) is 6.07 Å². The summed E-state index contributed by atoms with van der Waals surface area (Å²) in [6.45, 7) is 5.57. The molecule has 0 aliphatic rings. The average Bonchev–Trinajstić information content (AvgIpc) is 3.21. The molecule has 3 N–H and O–H groups in total. The standard InChI is InChI=1S/C39H41F19N2O6Si/c1-21(2)67(22(3)4,19-16-32(42,43)33(44,45)34(46,47)35(48,49)36(50,51)37(52,53)38(54,55)39(56,57)58)65-18-17-64-26-13-10-24(11-14-26)30(23(5)8-6-7-9-29(61)60-63)66-31(62)59-28-15-12-25(40)20-27(28)41/h6-15,20-23,30,63H,16-19H2,1-5H3,(H,59,62)(H,60,61)/b8-6+,9-7+/t23-,30-/m0/s1. The number of benzene rings is 2. The first-order valence-corrected chi connectivity index (χ1v) is 21.4. The topological polar surface area (TPSA) is 106 Å². The number of amides is 2. The van der Waals surface area contributed by atoms with Crippen molar-refractivity contribution >= 4 is 26.0 Å². The number of hydrogen-bond acceptors (Lipinski definition) is 6. The van der Waals surface area contributed by atoms with Crippen LogP contribution in [0.4, 0.5) is 93.9 Å². The second-order valence-corrected chi connectivity index (χ2v) is 20.3. The molecule has 0 fully saturated rings. The molecule has 28 heteroatoms. The second kappa shape index (κ2) is 21.3. The first-order chi connectivity index (χ1) is 30.3. The molecule has 0 aromatic heterocycles. The quantitative estimate of drug-likeness (QED) is 0.0195. The number of carbonyl (C=O) groups is 2. The Balaban J connectivity index is 2.32. The summed E-state index contributed by atoms with van der Waals surface area (Å²) in [6, 6.07) is 6.18. The van der Waals surface area contributed by atoms with E-state index >= 15 is 0 Å². The largest absolute Gasteiger partial charge is 0.491 e. The van der Waals surface area contributed by atoms with Gasteiger partial charge in [0.15, 0.2) is 8.32 Å². The summed E-state index contributed by atoms with van der Waals surface area (Å²) in [4.78, 5) is 24.0. The van der Waals surface area contributed by atoms with Crippen molar-refractivity contribution < 1.29 is 112 Å². The maximum atomic E-state index is 15.0. The summed E-state index contributed by atoms with van der Waals surface area (Å²) in [5, 5.41) is 10.7. The van der Waals surface area contributed by atoms with Gasteiger partial charge in [-0.15, -0.1) is 0 Å². The highest BCUT2D eigenvalue weighted by Gasteiger charge is 2.95. The molecule has 2 amide bonds. The Morgan fingerprint density at radius 2 is 1.19 bits per heavy atom. The lowest BCUT2D eigenvalue weighted by Gasteiger charge is -2.44. The van der Waals surface area contributed by atoms with Crippen LogP contribution < -0.4 is 15.5 Å². The van der Waals surface area contributed by atoms with Gasteiger partial charge in [-0.2, -0.15) is 74.6 Å². The van der Waals surface area contributed by atoms with E-state index in [4.69, 9.17) is 19.1 Å². The first-order valence-electron chi connectivity index (χ1n) is 19.1. The number of hydrogen-bond donors (Lipinski definition) is 3. The van der Waals surface area contributed by atoms with Gasteiger partial charge in [0.25, 0.3) is 5.91 Å². The minimum atomic E-state index is -8.73. The molecule has 67 heavy (non-hydrogen) atoms. The predicted molar refractivity (Wildman–Crippen MR) is 201 cm³/mol. The molecule has 0 aliphatic heterocycles. The van der Waals surface area contributed by atoms with E-state index in [9.17, 15) is 93.0 Å². The summed E-state index contributed by atoms with van der Waals surface area (Å²) < 4.78 is 280. The molecule has 0 saturated carbocycles. The Hall–Kier alpha value is -4.73. The van der Waals surface area contributed by atoms with Crippen molar-refractivity contribution in [3.63, 3.8) is 0 Å². The van der Waals surface area contributed by atoms with Gasteiger partial charge in [0, 0.05) is 24.5 Å². The molecule has 8 nitrogen and oxygen atoms in total. The van der Waals surface area contributed by atoms with Crippen molar-refractivity contribution in [1.29, 1.82) is 0 Å². The van der Waals surface area contributed by atoms with Gasteiger partial charge in [0.05, 0.1) is 12.3 Å². The summed E-state index contributed by atoms with van der Waals surface area (Å²) >= 11 is 0. The Kier molecular flexibility index (Phi) is 18.5. The van der Waals surface area contributed by atoms with Gasteiger partial charge in [-0.1, -0.05) is 65.0 Å². The van der Waals surface area contributed by atoms with E-state index in [2.05, 4.69) is 5.32 Å². The Morgan fingerprint density at radius 1 is 0.687 bits per heavy atom. The molecule has 0 heterocycles. The number of rotatable bonds is 23. The summed E-state index contributed by atoms with van der Waals surface area (Å²) in [6.07, 6.45) is -7.93. The zero-order valence-corrected chi connectivity index (χ0v) is 36.2. The number of carbonyl (C=O) groups excluding carboxylic acids is 2. The normalized spacial score (nSPS) is 15.1. The maximum absolute atomic E-state index is 15.0. The SMILES string of the molecule is CC(C)[Si](CCC(F)(F)C(F)(F)C(F)(F)C(F)(F)C(F)(F)C(F)(F)C(F)(F)C(F)(F)F)(OCCOc1ccc([C@@H](OC(=O)Nc2ccc(F)cc2F)[C@@H](C)/C=C/C=C/C(=O)NO)cc1)C(C)C. The summed E-state index contributed by atoms with van der Waals surface area (Å²) in [7, 11) is -4.06. The third-order valence-corrected chi connectivity index (χ3v) is 15.9. The summed E-state index contributed by atoms with van der Waals surface area (Å²) in [5.74, 6) is -60.7. The van der Waals surface area contributed by atoms with Gasteiger partial charge in [0.1, 0.15) is 30.1 Å². The lowest BCUT2D eigenvalue weighted by molar-refractivity contribution is -0.461. The van der Waals surface area contributed by atoms with E-state index in [1.807, 2.05) is 0 Å². The smallest absolute Gasteiger partial charge is 0.460 e. The number of hydroxylamine groups is 1. The van der Waals surface area contributed by atoms with Crippen LogP contribution >= 0.6 is 0 Å². The van der Waals surface area contributed by atoms with E-state index in [0.717, 1.165) is 18.2 Å². The minimum Gasteiger partial charge on any atom is -0.491 e. The molecule has 0 aliphatic carbocycles. The van der Waals surface area contributed by atoms with Gasteiger partial charge in [0.2, 0.25) is 0 Å². The molecule has 2 rings (SSSR count). The number of ether oxygens (including phenoxy) is 2. The zero-order chi connectivity index (χ0) is 52.0. The molecule has 2 aromatic rings. The highest BCUT2D eigenvalue weighted by Crippen LogP contribution is 2.64. The Bertz CT molecular complexity index is 2040. The monoisotopic (exact) mass is 1020 g/mol. The van der Waals surface area contributed by atoms with Gasteiger partial charge < -0.3 is 13.9 Å². The lowest BCUT2D eigenvalue weighted by atomic mass is 9.88. The van der Waals surface area contributed by atoms with Crippen LogP contribution in [0, 0.1) is 17.6 Å². The maximum Gasteiger partial charge on any atom is 0.460 e. The third kappa shape index (κ3) is 12.1. The van der Waals surface area contributed by atoms with Crippen molar-refractivity contribution in [2.45, 2.75) is 112 Å². The van der Waals surface area contributed by atoms with E-state index in [1.54, 1.807) is 0 Å². The van der Waals surface area contributed by atoms with E-state index in [1.165, 1.54) is 82.6 Å². The van der Waals surface area contributed by atoms with Crippen LogP contribution in [0.2, 0.25) is 17.1 Å². The van der Waals surface area contributed by atoms with Crippen LogP contribution in [0.15, 0.2) is 66.8 Å². The lowest BCUT2D eigenvalue weighted by Crippen LogP contribution is -2.74. The number of nitrogens with one attached hydrogen (secondary N) is 2. The molecule has 0 bridgehead atoms. The number of halogens is 19. The van der Waals surface area contributed by atoms with Crippen LogP contribution in [0.1, 0.15) is 52.7 Å². The highest BCUT2D eigenvalue weighted by atomic mass is 28.4. The van der Waals surface area contributed by atoms with Crippen LogP contribution in [0.3, 0.4) is 0 Å². The molecular weight excluding hydrogens is 981 g/mol. The third-order valence-electron chi connectivity index (χ3n) is 10.3. The van der Waals surface area contributed by atoms with Gasteiger partial charge in [-0.05, 0) is 47.0 Å². The average molecular weight is 1020 g/mol. The molecule has 2 atom stereocenters. The summed E-state index contributed by atoms with van der Waals surface area (Å²) in [5.41, 5.74) is -0.714. The van der Waals surface area contributed by atoms with Crippen LogP contribution in [-0.2, 0) is 14.0 Å². The Labute approximate surface area is 369 Å². The fourth-order valence-electron chi connectivity index (χ4n) is 6.35. The van der Waals surface area contributed by atoms with E-state index in [-0.39, 0.29) is 11.3 Å². The highest BCUT2D eigenvalue weighted by molar-refractivity contribution is 6.76. The number of allylic oxidation sites excluding steroid dienone is 2. The molecule has 0 radical (unpaired) electrons. The van der Waals surface area contributed by atoms with Gasteiger partial charge in [-0.3, -0.25) is 15.3 Å². The molecule has 2 aromatic carbocycles. The van der Waals surface area contributed by atoms with Crippen LogP contribution in [0.5, 0.6) is 5.75 Å². The van der Waals surface area contributed by atoms with Crippen LogP contribution in [0.25, 0.3) is 0 Å². The van der Waals surface area contributed by atoms with Crippen molar-refractivity contribution in [1.82, 2.24) is 5.48 Å². The fraction of sp³-hybridized carbons (Fsp3) is 0.538. The van der Waals surface area contributed by atoms with Gasteiger partial charge >= 0.3 is 53.7 Å². The number of anilines is 1. The van der Waals surface area contributed by atoms with Gasteiger partial charge in [-0.25, -0.2) is 19.1 Å². The van der Waals surface area contributed by atoms with Crippen LogP contribution in [-0.4, -0.2) is 86.4 Å². The predicted octanol–water partition coefficient (Wildman–Crippen LogP) is 13.1. The first kappa shape index (κ1) is 58.4. The molecule has 0 saturated heterocycles. The van der Waals surface area contributed by atoms with Crippen molar-refractivity contribution in [2.75, 3.05) is 18.5 Å². The molecule has 380 valence electrons. The van der Waals surface area contributed by atoms with Crippen molar-refractivity contribution in [3.8, 4) is 5.75 Å². The Morgan fingerprint density at radius 3 is 1.67 bits per heavy atom. The van der Waals surface area contributed by atoms with Crippen molar-refractivity contribution in [3.05, 3.63) is 84.0 Å². The van der Waals surface area contributed by atoms with E-state index < -0.39 is 134 Å². The van der Waals surface area contributed by atoms with Crippen molar-refractivity contribution in [2.24, 2.45) is 5.92 Å². The fourth-order valence-corrected chi connectivity index (χ4v) is 10.8. The second-order valence-electron chi connectivity index (χ2n) is 15.3. The molecule has 0 spiro atoms. The minimum absolute atomic E-state index is 0.0242.